The lowest BCUT2D eigenvalue weighted by Crippen LogP contribution is -2.83. The molecule has 6 fully saturated rings. The fourth-order valence-electron chi connectivity index (χ4n) is 8.54. The summed E-state index contributed by atoms with van der Waals surface area (Å²) in [5.41, 5.74) is 1.00. The smallest absolute Gasteiger partial charge is 0.335 e. The Morgan fingerprint density at radius 1 is 1.18 bits per heavy atom. The second-order valence-electron chi connectivity index (χ2n) is 13.2. The number of carboxylic acid groups (broad SMARTS) is 1. The number of carbonyl (C=O) groups is 2. The molecular weight excluding hydrogens is 622 g/mol. The van der Waals surface area contributed by atoms with Gasteiger partial charge >= 0.3 is 12.0 Å². The minimum absolute atomic E-state index is 0.0331. The van der Waals surface area contributed by atoms with Crippen molar-refractivity contribution in [3.05, 3.63) is 63.0 Å². The summed E-state index contributed by atoms with van der Waals surface area (Å²) in [5.74, 6) is -0.656. The van der Waals surface area contributed by atoms with Gasteiger partial charge in [0.25, 0.3) is 0 Å². The average molecular weight is 658 g/mol. The molecule has 2 aromatic rings. The van der Waals surface area contributed by atoms with E-state index in [4.69, 9.17) is 4.99 Å². The van der Waals surface area contributed by atoms with E-state index in [9.17, 15) is 28.2 Å². The second kappa shape index (κ2) is 10.2. The predicted octanol–water partition coefficient (Wildman–Crippen LogP) is 3.49. The van der Waals surface area contributed by atoms with Gasteiger partial charge in [0.15, 0.2) is 10.8 Å². The molecule has 2 unspecified atom stereocenters. The molecule has 2 amide bonds. The van der Waals surface area contributed by atoms with Gasteiger partial charge in [0, 0.05) is 62.1 Å². The van der Waals surface area contributed by atoms with E-state index in [0.717, 1.165) is 25.7 Å². The summed E-state index contributed by atoms with van der Waals surface area (Å²) in [6.45, 7) is 4.93. The predicted molar refractivity (Wildman–Crippen MR) is 168 cm³/mol. The van der Waals surface area contributed by atoms with Crippen LogP contribution in [-0.4, -0.2) is 118 Å². The van der Waals surface area contributed by atoms with E-state index >= 15 is 0 Å². The normalized spacial score (nSPS) is 33.3. The van der Waals surface area contributed by atoms with Gasteiger partial charge in [-0.1, -0.05) is 12.1 Å². The van der Waals surface area contributed by atoms with Crippen LogP contribution in [0.25, 0.3) is 0 Å². The lowest BCUT2D eigenvalue weighted by atomic mass is 9.43. The van der Waals surface area contributed by atoms with Crippen LogP contribution in [0.15, 0.2) is 46.0 Å². The Hall–Kier alpha value is -3.08. The number of aliphatic imine (C=N–C) groups is 1. The Morgan fingerprint density at radius 3 is 2.67 bits per heavy atom. The first-order valence-electron chi connectivity index (χ1n) is 15.3. The molecular formula is C30H36FN7O5S2. The van der Waals surface area contributed by atoms with E-state index in [0.29, 0.717) is 72.7 Å². The molecule has 240 valence electrons. The van der Waals surface area contributed by atoms with E-state index in [2.05, 4.69) is 15.2 Å². The highest BCUT2D eigenvalue weighted by Gasteiger charge is 2.76. The van der Waals surface area contributed by atoms with E-state index in [1.165, 1.54) is 17.4 Å². The monoisotopic (exact) mass is 657 g/mol. The number of hydrogen-bond donors (Lipinski definition) is 4. The number of aromatic nitrogens is 1. The molecule has 0 radical (unpaired) electrons. The van der Waals surface area contributed by atoms with Crippen molar-refractivity contribution in [2.75, 3.05) is 45.0 Å². The molecule has 45 heavy (non-hydrogen) atoms. The molecule has 7 aliphatic rings. The molecule has 2 atom stereocenters. The number of carbonyl (C=O) groups excluding carboxylic acids is 1. The first-order valence-corrected chi connectivity index (χ1v) is 17.9. The molecule has 3 aliphatic carbocycles. The fourth-order valence-corrected chi connectivity index (χ4v) is 11.1. The van der Waals surface area contributed by atoms with Gasteiger partial charge in [-0.15, -0.1) is 22.1 Å². The van der Waals surface area contributed by atoms with Crippen LogP contribution in [0.1, 0.15) is 47.9 Å². The van der Waals surface area contributed by atoms with E-state index < -0.39 is 28.6 Å². The molecule has 3 saturated carbocycles. The minimum Gasteiger partial charge on any atom is -0.478 e. The maximum absolute atomic E-state index is 14.6. The number of nitrogens with one attached hydrogen (secondary N) is 1. The van der Waals surface area contributed by atoms with Crippen molar-refractivity contribution >= 4 is 39.9 Å². The Kier molecular flexibility index (Phi) is 6.65. The van der Waals surface area contributed by atoms with Gasteiger partial charge in [-0.05, 0) is 49.8 Å². The van der Waals surface area contributed by atoms with Crippen LogP contribution < -0.4 is 5.32 Å². The summed E-state index contributed by atoms with van der Waals surface area (Å²) in [7, 11) is -2.70. The quantitative estimate of drug-likeness (QED) is 0.352. The van der Waals surface area contributed by atoms with Gasteiger partial charge in [-0.2, -0.15) is 0 Å². The highest BCUT2D eigenvalue weighted by Crippen LogP contribution is 2.72. The van der Waals surface area contributed by atoms with Gasteiger partial charge < -0.3 is 20.2 Å². The number of fused-ring (bicyclic) bond motifs is 1. The van der Waals surface area contributed by atoms with Crippen molar-refractivity contribution < 1.29 is 28.2 Å². The summed E-state index contributed by atoms with van der Waals surface area (Å²) in [6.07, 6.45) is 4.80. The molecule has 4 N–H and O–H groups in total. The van der Waals surface area contributed by atoms with Gasteiger partial charge in [0.05, 0.1) is 22.9 Å². The van der Waals surface area contributed by atoms with Crippen molar-refractivity contribution in [1.29, 1.82) is 0 Å². The highest BCUT2D eigenvalue weighted by molar-refractivity contribution is 8.22. The Bertz CT molecular complexity index is 1630. The molecule has 2 bridgehead atoms. The molecule has 12 nitrogen and oxygen atoms in total. The Morgan fingerprint density at radius 2 is 1.98 bits per heavy atom. The molecule has 9 rings (SSSR count). The summed E-state index contributed by atoms with van der Waals surface area (Å²) >= 11 is 1.38. The fraction of sp³-hybridized carbons (Fsp3) is 0.533. The van der Waals surface area contributed by atoms with E-state index in [1.807, 2.05) is 19.5 Å². The van der Waals surface area contributed by atoms with Crippen LogP contribution >= 0.6 is 22.1 Å². The number of halogens is 1. The van der Waals surface area contributed by atoms with Crippen LogP contribution in [0.5, 0.6) is 0 Å². The maximum Gasteiger partial charge on any atom is 0.335 e. The Labute approximate surface area is 265 Å². The third-order valence-corrected chi connectivity index (χ3v) is 13.5. The molecule has 1 aromatic heterocycles. The number of urea groups is 1. The topological polar surface area (TPSA) is 145 Å². The first-order chi connectivity index (χ1) is 21.5. The second-order valence-corrected chi connectivity index (χ2v) is 16.2. The lowest BCUT2D eigenvalue weighted by molar-refractivity contribution is -0.190. The number of aliphatic carboxylic acids is 1. The zero-order chi connectivity index (χ0) is 31.3. The van der Waals surface area contributed by atoms with Crippen molar-refractivity contribution in [2.24, 2.45) is 4.99 Å². The van der Waals surface area contributed by atoms with E-state index in [1.54, 1.807) is 25.3 Å². The Balaban J connectivity index is 1.02. The maximum atomic E-state index is 14.6. The van der Waals surface area contributed by atoms with Crippen molar-refractivity contribution in [3.63, 3.8) is 0 Å². The number of nitrogens with zero attached hydrogens (tertiary/aromatic N) is 6. The SMILES string of the molecule is Cc1c(F)cccc1C1N=C(c2nccs2)NC(CN2CCN3C(=O)N(C45CC(N6CCCS6(O)O)(C4)C5)CC3C2)=C1C(=O)O. The molecule has 3 saturated heterocycles. The van der Waals surface area contributed by atoms with Crippen molar-refractivity contribution in [3.8, 4) is 0 Å². The molecule has 1 aromatic carbocycles. The van der Waals surface area contributed by atoms with E-state index in [-0.39, 0.29) is 28.7 Å². The number of amides is 2. The number of benzene rings is 1. The first kappa shape index (κ1) is 29.3. The lowest BCUT2D eigenvalue weighted by Gasteiger charge is -2.76. The van der Waals surface area contributed by atoms with Crippen LogP contribution in [-0.2, 0) is 4.79 Å². The van der Waals surface area contributed by atoms with Gasteiger partial charge in [0.1, 0.15) is 11.9 Å². The zero-order valence-corrected chi connectivity index (χ0v) is 26.5. The average Bonchev–Trinajstić information content (AvgIpc) is 3.69. The number of amidine groups is 1. The molecule has 4 aliphatic heterocycles. The molecule has 0 spiro atoms. The third-order valence-electron chi connectivity index (χ3n) is 10.6. The third kappa shape index (κ3) is 4.46. The zero-order valence-electron chi connectivity index (χ0n) is 24.9. The number of rotatable bonds is 7. The summed E-state index contributed by atoms with van der Waals surface area (Å²) < 4.78 is 37.6. The minimum atomic E-state index is -2.70. The van der Waals surface area contributed by atoms with Gasteiger partial charge in [-0.3, -0.25) is 19.0 Å². The number of carboxylic acids is 1. The molecule has 15 heteroatoms. The number of thiazole rings is 1. The summed E-state index contributed by atoms with van der Waals surface area (Å²) in [4.78, 5) is 41.6. The standard InChI is InChI=1S/C30H36FN7O5S2/c1-18-20(4-2-5-21(18)31)24-23(27(39)40)22(33-25(34-24)26-32-6-10-44-26)14-35-8-9-36-19(12-35)13-37(28(36)41)29-15-30(16-29,17-29)38-7-3-11-45(38,42)43/h2,4-6,10,19,24,42-43H,3,7-9,11-17H2,1H3,(H,33,34)(H,39,40). The number of hydrogen-bond acceptors (Lipinski definition) is 10. The van der Waals surface area contributed by atoms with Gasteiger partial charge in [0.2, 0.25) is 0 Å². The summed E-state index contributed by atoms with van der Waals surface area (Å²) in [5, 5.41) is 16.1. The van der Waals surface area contributed by atoms with Crippen LogP contribution in [0.4, 0.5) is 9.18 Å². The largest absolute Gasteiger partial charge is 0.478 e. The summed E-state index contributed by atoms with van der Waals surface area (Å²) in [6, 6.07) is 3.74. The highest BCUT2D eigenvalue weighted by atomic mass is 32.3. The van der Waals surface area contributed by atoms with Crippen LogP contribution in [0, 0.1) is 12.7 Å². The van der Waals surface area contributed by atoms with Crippen molar-refractivity contribution in [1.82, 2.24) is 29.3 Å². The number of piperazine rings is 1. The van der Waals surface area contributed by atoms with Crippen molar-refractivity contribution in [2.45, 2.75) is 55.8 Å². The van der Waals surface area contributed by atoms with Gasteiger partial charge in [-0.25, -0.2) is 23.3 Å². The molecule has 5 heterocycles. The van der Waals surface area contributed by atoms with Crippen LogP contribution in [0.3, 0.4) is 0 Å². The van der Waals surface area contributed by atoms with Crippen LogP contribution in [0.2, 0.25) is 0 Å².